The van der Waals surface area contributed by atoms with Gasteiger partial charge in [0, 0.05) is 28.8 Å². The highest BCUT2D eigenvalue weighted by Crippen LogP contribution is 2.26. The molecule has 0 heterocycles. The molecule has 0 aliphatic heterocycles. The van der Waals surface area contributed by atoms with Crippen LogP contribution in [0.2, 0.25) is 0 Å². The number of hydrogen-bond acceptors (Lipinski definition) is 3. The van der Waals surface area contributed by atoms with Crippen LogP contribution in [0.25, 0.3) is 0 Å². The van der Waals surface area contributed by atoms with Gasteiger partial charge < -0.3 is 4.90 Å². The lowest BCUT2D eigenvalue weighted by Gasteiger charge is -2.28. The highest BCUT2D eigenvalue weighted by molar-refractivity contribution is 8.13. The molecular formula is C15H20ClNO3S. The monoisotopic (exact) mass is 329 g/mol. The Bertz CT molecular complexity index is 636. The van der Waals surface area contributed by atoms with Gasteiger partial charge in [0.15, 0.2) is 0 Å². The van der Waals surface area contributed by atoms with Crippen LogP contribution < -0.4 is 0 Å². The van der Waals surface area contributed by atoms with Gasteiger partial charge >= 0.3 is 0 Å². The van der Waals surface area contributed by atoms with Crippen LogP contribution >= 0.6 is 10.7 Å². The summed E-state index contributed by atoms with van der Waals surface area (Å²) in [6.45, 7) is 4.38. The molecule has 0 unspecified atom stereocenters. The van der Waals surface area contributed by atoms with Crippen molar-refractivity contribution >= 4 is 25.6 Å². The van der Waals surface area contributed by atoms with Crippen molar-refractivity contribution in [2.45, 2.75) is 50.5 Å². The highest BCUT2D eigenvalue weighted by atomic mass is 35.7. The van der Waals surface area contributed by atoms with Crippen molar-refractivity contribution in [3.05, 3.63) is 29.3 Å². The lowest BCUT2D eigenvalue weighted by molar-refractivity contribution is 0.0692. The second-order valence-corrected chi connectivity index (χ2v) is 8.01. The molecule has 6 heteroatoms. The molecule has 1 aromatic rings. The lowest BCUT2D eigenvalue weighted by Crippen LogP contribution is -2.39. The molecule has 0 radical (unpaired) electrons. The number of nitrogens with zero attached hydrogens (tertiary/aromatic N) is 1. The third-order valence-electron chi connectivity index (χ3n) is 4.09. The normalized spacial score (nSPS) is 16.1. The molecule has 0 aromatic heterocycles. The number of benzene rings is 1. The summed E-state index contributed by atoms with van der Waals surface area (Å²) >= 11 is 0. The van der Waals surface area contributed by atoms with Crippen molar-refractivity contribution in [1.29, 1.82) is 0 Å². The predicted molar refractivity (Wildman–Crippen MR) is 83.2 cm³/mol. The minimum absolute atomic E-state index is 0.0272. The van der Waals surface area contributed by atoms with E-state index in [-0.39, 0.29) is 16.8 Å². The van der Waals surface area contributed by atoms with Gasteiger partial charge in [-0.2, -0.15) is 0 Å². The second-order valence-electron chi connectivity index (χ2n) is 5.44. The summed E-state index contributed by atoms with van der Waals surface area (Å²) in [5.41, 5.74) is 1.19. The molecular weight excluding hydrogens is 310 g/mol. The Morgan fingerprint density at radius 1 is 1.33 bits per heavy atom. The maximum absolute atomic E-state index is 12.8. The van der Waals surface area contributed by atoms with E-state index >= 15 is 0 Å². The zero-order valence-corrected chi connectivity index (χ0v) is 13.9. The van der Waals surface area contributed by atoms with E-state index in [0.717, 1.165) is 31.2 Å². The van der Waals surface area contributed by atoms with Gasteiger partial charge in [0.2, 0.25) is 0 Å². The number of aryl methyl sites for hydroxylation is 1. The van der Waals surface area contributed by atoms with Crippen molar-refractivity contribution in [3.63, 3.8) is 0 Å². The first-order chi connectivity index (χ1) is 9.84. The molecule has 116 valence electrons. The molecule has 1 aromatic carbocycles. The van der Waals surface area contributed by atoms with Gasteiger partial charge in [-0.3, -0.25) is 4.79 Å². The van der Waals surface area contributed by atoms with Crippen LogP contribution in [0.5, 0.6) is 0 Å². The van der Waals surface area contributed by atoms with Crippen LogP contribution in [0.3, 0.4) is 0 Å². The summed E-state index contributed by atoms with van der Waals surface area (Å²) in [5, 5.41) is 0. The Morgan fingerprint density at radius 3 is 2.48 bits per heavy atom. The molecule has 0 spiro atoms. The lowest BCUT2D eigenvalue weighted by atomic mass is 10.1. The SMILES string of the molecule is CCN(C(=O)c1cc(S(=O)(=O)Cl)ccc1C)C1CCCC1. The summed E-state index contributed by atoms with van der Waals surface area (Å²) in [4.78, 5) is 14.6. The van der Waals surface area contributed by atoms with Crippen molar-refractivity contribution in [3.8, 4) is 0 Å². The third-order valence-corrected chi connectivity index (χ3v) is 5.44. The molecule has 0 N–H and O–H groups in total. The molecule has 2 rings (SSSR count). The number of hydrogen-bond donors (Lipinski definition) is 0. The fourth-order valence-corrected chi connectivity index (χ4v) is 3.70. The molecule has 4 nitrogen and oxygen atoms in total. The van der Waals surface area contributed by atoms with E-state index in [1.54, 1.807) is 13.0 Å². The first-order valence-corrected chi connectivity index (χ1v) is 9.51. The number of rotatable bonds is 4. The Labute approximate surface area is 130 Å². The zero-order valence-electron chi connectivity index (χ0n) is 12.3. The van der Waals surface area contributed by atoms with Crippen molar-refractivity contribution < 1.29 is 13.2 Å². The molecule has 1 aliphatic rings. The summed E-state index contributed by atoms with van der Waals surface area (Å²) < 4.78 is 22.9. The van der Waals surface area contributed by atoms with Crippen molar-refractivity contribution in [2.24, 2.45) is 0 Å². The van der Waals surface area contributed by atoms with Gasteiger partial charge in [0.05, 0.1) is 4.90 Å². The fourth-order valence-electron chi connectivity index (χ4n) is 2.92. The summed E-state index contributed by atoms with van der Waals surface area (Å²) in [6.07, 6.45) is 4.32. The van der Waals surface area contributed by atoms with Gasteiger partial charge in [0.25, 0.3) is 15.0 Å². The fraction of sp³-hybridized carbons (Fsp3) is 0.533. The van der Waals surface area contributed by atoms with Crippen LogP contribution in [0, 0.1) is 6.92 Å². The van der Waals surface area contributed by atoms with Crippen LogP contribution in [0.1, 0.15) is 48.5 Å². The van der Waals surface area contributed by atoms with Crippen LogP contribution in [-0.2, 0) is 9.05 Å². The van der Waals surface area contributed by atoms with Gasteiger partial charge in [-0.1, -0.05) is 18.9 Å². The van der Waals surface area contributed by atoms with E-state index in [2.05, 4.69) is 0 Å². The Kier molecular flexibility index (Phi) is 4.94. The number of halogens is 1. The molecule has 1 fully saturated rings. The number of amides is 1. The molecule has 21 heavy (non-hydrogen) atoms. The summed E-state index contributed by atoms with van der Waals surface area (Å²) in [5.74, 6) is -0.107. The molecule has 1 saturated carbocycles. The summed E-state index contributed by atoms with van der Waals surface area (Å²) in [6, 6.07) is 4.71. The van der Waals surface area contributed by atoms with Crippen molar-refractivity contribution in [1.82, 2.24) is 4.90 Å². The van der Waals surface area contributed by atoms with E-state index in [4.69, 9.17) is 10.7 Å². The quantitative estimate of drug-likeness (QED) is 0.796. The Hall–Kier alpha value is -1.07. The van der Waals surface area contributed by atoms with Crippen LogP contribution in [0.15, 0.2) is 23.1 Å². The van der Waals surface area contributed by atoms with E-state index in [1.807, 2.05) is 11.8 Å². The largest absolute Gasteiger partial charge is 0.336 e. The van der Waals surface area contributed by atoms with E-state index < -0.39 is 9.05 Å². The standard InChI is InChI=1S/C15H20ClNO3S/c1-3-17(12-6-4-5-7-12)15(18)14-10-13(21(16,19)20)9-8-11(14)2/h8-10,12H,3-7H2,1-2H3. The zero-order chi connectivity index (χ0) is 15.6. The minimum atomic E-state index is -3.83. The Balaban J connectivity index is 2.37. The smallest absolute Gasteiger partial charge is 0.261 e. The number of carbonyl (C=O) groups excluding carboxylic acids is 1. The van der Waals surface area contributed by atoms with Gasteiger partial charge in [0.1, 0.15) is 0 Å². The molecule has 1 amide bonds. The highest BCUT2D eigenvalue weighted by Gasteiger charge is 2.27. The second kappa shape index (κ2) is 6.36. The molecule has 0 saturated heterocycles. The van der Waals surface area contributed by atoms with E-state index in [9.17, 15) is 13.2 Å². The minimum Gasteiger partial charge on any atom is -0.336 e. The topological polar surface area (TPSA) is 54.5 Å². The first-order valence-electron chi connectivity index (χ1n) is 7.21. The average molecular weight is 330 g/mol. The molecule has 0 bridgehead atoms. The van der Waals surface area contributed by atoms with Gasteiger partial charge in [-0.25, -0.2) is 8.42 Å². The third kappa shape index (κ3) is 3.58. The van der Waals surface area contributed by atoms with Crippen molar-refractivity contribution in [2.75, 3.05) is 6.54 Å². The number of carbonyl (C=O) groups is 1. The molecule has 0 atom stereocenters. The van der Waals surface area contributed by atoms with Gasteiger partial charge in [-0.05, 0) is 44.4 Å². The van der Waals surface area contributed by atoms with Crippen LogP contribution in [0.4, 0.5) is 0 Å². The van der Waals surface area contributed by atoms with E-state index in [0.29, 0.717) is 12.1 Å². The maximum Gasteiger partial charge on any atom is 0.261 e. The maximum atomic E-state index is 12.8. The predicted octanol–water partition coefficient (Wildman–Crippen LogP) is 3.33. The molecule has 1 aliphatic carbocycles. The summed E-state index contributed by atoms with van der Waals surface area (Å²) in [7, 11) is 1.55. The van der Waals surface area contributed by atoms with Crippen LogP contribution in [-0.4, -0.2) is 31.8 Å². The van der Waals surface area contributed by atoms with E-state index in [1.165, 1.54) is 12.1 Å². The average Bonchev–Trinajstić information content (AvgIpc) is 2.92. The Morgan fingerprint density at radius 2 is 1.95 bits per heavy atom. The first kappa shape index (κ1) is 16.3. The van der Waals surface area contributed by atoms with Gasteiger partial charge in [-0.15, -0.1) is 0 Å².